The van der Waals surface area contributed by atoms with Crippen molar-refractivity contribution < 1.29 is 4.79 Å². The van der Waals surface area contributed by atoms with Gasteiger partial charge in [-0.1, -0.05) is 36.4 Å². The second kappa shape index (κ2) is 8.69. The van der Waals surface area contributed by atoms with Crippen molar-refractivity contribution in [1.29, 1.82) is 0 Å². The number of rotatable bonds is 7. The molecular weight excluding hydrogens is 352 g/mol. The van der Waals surface area contributed by atoms with Crippen LogP contribution in [0.4, 0.5) is 5.69 Å². The van der Waals surface area contributed by atoms with Crippen molar-refractivity contribution in [1.82, 2.24) is 15.1 Å². The van der Waals surface area contributed by atoms with Crippen molar-refractivity contribution in [3.8, 4) is 0 Å². The molecule has 1 aromatic heterocycles. The Balaban J connectivity index is 1.63. The second-order valence-corrected chi connectivity index (χ2v) is 6.81. The van der Waals surface area contributed by atoms with Gasteiger partial charge < -0.3 is 10.2 Å². The number of para-hydroxylation sites is 1. The molecule has 0 fully saturated rings. The molecule has 3 aromatic rings. The lowest BCUT2D eigenvalue weighted by molar-refractivity contribution is -0.121. The Bertz CT molecular complexity index is 1040. The van der Waals surface area contributed by atoms with Gasteiger partial charge in [-0.3, -0.25) is 9.59 Å². The van der Waals surface area contributed by atoms with Crippen LogP contribution in [0.15, 0.2) is 53.3 Å². The Labute approximate surface area is 164 Å². The zero-order valence-electron chi connectivity index (χ0n) is 16.6. The molecule has 0 saturated carbocycles. The van der Waals surface area contributed by atoms with E-state index in [9.17, 15) is 9.59 Å². The summed E-state index contributed by atoms with van der Waals surface area (Å²) in [6.45, 7) is 7.99. The van der Waals surface area contributed by atoms with E-state index >= 15 is 0 Å². The van der Waals surface area contributed by atoms with Crippen LogP contribution in [0.25, 0.3) is 10.8 Å². The fraction of sp³-hybridized carbons (Fsp3) is 0.318. The first-order valence-corrected chi connectivity index (χ1v) is 9.55. The van der Waals surface area contributed by atoms with Crippen LogP contribution in [-0.4, -0.2) is 35.3 Å². The van der Waals surface area contributed by atoms with Crippen LogP contribution in [0.5, 0.6) is 0 Å². The fourth-order valence-corrected chi connectivity index (χ4v) is 3.40. The molecule has 146 valence electrons. The van der Waals surface area contributed by atoms with Crippen molar-refractivity contribution in [2.75, 3.05) is 24.5 Å². The molecule has 1 amide bonds. The predicted octanol–water partition coefficient (Wildman–Crippen LogP) is 2.66. The molecule has 0 aliphatic heterocycles. The average Bonchev–Trinajstić information content (AvgIpc) is 2.70. The largest absolute Gasteiger partial charge is 0.370 e. The van der Waals surface area contributed by atoms with E-state index in [1.54, 1.807) is 6.07 Å². The summed E-state index contributed by atoms with van der Waals surface area (Å²) in [4.78, 5) is 27.2. The number of hydrogen-bond acceptors (Lipinski definition) is 4. The molecule has 6 heteroatoms. The van der Waals surface area contributed by atoms with E-state index in [0.29, 0.717) is 18.5 Å². The second-order valence-electron chi connectivity index (χ2n) is 6.81. The highest BCUT2D eigenvalue weighted by Crippen LogP contribution is 2.18. The standard InChI is InChI=1S/C22H26N4O2/c1-4-25(20-12-8-5-9-16(20)2)14-13-23-21(27)15-26-22(28)19-11-7-6-10-18(19)17(3)24-26/h5-12H,4,13-15H2,1-3H3,(H,23,27). The normalized spacial score (nSPS) is 10.8. The molecule has 6 nitrogen and oxygen atoms in total. The van der Waals surface area contributed by atoms with E-state index in [1.165, 1.54) is 15.9 Å². The summed E-state index contributed by atoms with van der Waals surface area (Å²) in [5.74, 6) is -0.217. The molecule has 0 bridgehead atoms. The van der Waals surface area contributed by atoms with Crippen LogP contribution in [-0.2, 0) is 11.3 Å². The van der Waals surface area contributed by atoms with Crippen LogP contribution in [0.3, 0.4) is 0 Å². The third-order valence-electron chi connectivity index (χ3n) is 4.89. The molecule has 0 spiro atoms. The molecule has 0 saturated heterocycles. The zero-order chi connectivity index (χ0) is 20.1. The number of nitrogens with one attached hydrogen (secondary N) is 1. The summed E-state index contributed by atoms with van der Waals surface area (Å²) >= 11 is 0. The lowest BCUT2D eigenvalue weighted by Crippen LogP contribution is -2.38. The van der Waals surface area contributed by atoms with Gasteiger partial charge in [0.1, 0.15) is 6.54 Å². The highest BCUT2D eigenvalue weighted by Gasteiger charge is 2.11. The maximum Gasteiger partial charge on any atom is 0.275 e. The number of carbonyl (C=O) groups is 1. The van der Waals surface area contributed by atoms with Crippen LogP contribution < -0.4 is 15.8 Å². The third kappa shape index (κ3) is 4.22. The summed E-state index contributed by atoms with van der Waals surface area (Å²) < 4.78 is 1.24. The fourth-order valence-electron chi connectivity index (χ4n) is 3.40. The summed E-state index contributed by atoms with van der Waals surface area (Å²) in [5, 5.41) is 8.60. The third-order valence-corrected chi connectivity index (χ3v) is 4.89. The molecule has 0 atom stereocenters. The van der Waals surface area contributed by atoms with Gasteiger partial charge in [0.25, 0.3) is 5.56 Å². The first-order valence-electron chi connectivity index (χ1n) is 9.55. The van der Waals surface area contributed by atoms with Gasteiger partial charge in [-0.2, -0.15) is 5.10 Å². The Morgan fingerprint density at radius 1 is 1.07 bits per heavy atom. The Morgan fingerprint density at radius 2 is 1.75 bits per heavy atom. The number of carbonyl (C=O) groups excluding carboxylic acids is 1. The van der Waals surface area contributed by atoms with Crippen molar-refractivity contribution in [2.24, 2.45) is 0 Å². The number of anilines is 1. The number of amides is 1. The minimum atomic E-state index is -0.244. The van der Waals surface area contributed by atoms with E-state index < -0.39 is 0 Å². The number of aromatic nitrogens is 2. The maximum atomic E-state index is 12.6. The average molecular weight is 378 g/mol. The van der Waals surface area contributed by atoms with E-state index in [-0.39, 0.29) is 18.0 Å². The van der Waals surface area contributed by atoms with E-state index in [1.807, 2.05) is 37.3 Å². The quantitative estimate of drug-likeness (QED) is 0.686. The number of hydrogen-bond donors (Lipinski definition) is 1. The molecular formula is C22H26N4O2. The Hall–Kier alpha value is -3.15. The van der Waals surface area contributed by atoms with Gasteiger partial charge in [-0.05, 0) is 38.5 Å². The molecule has 0 unspecified atom stereocenters. The van der Waals surface area contributed by atoms with E-state index in [2.05, 4.69) is 41.3 Å². The molecule has 0 aliphatic carbocycles. The number of likely N-dealkylation sites (N-methyl/N-ethyl adjacent to an activating group) is 1. The molecule has 28 heavy (non-hydrogen) atoms. The lowest BCUT2D eigenvalue weighted by atomic mass is 10.1. The summed E-state index contributed by atoms with van der Waals surface area (Å²) in [5.41, 5.74) is 2.87. The first kappa shape index (κ1) is 19.6. The van der Waals surface area contributed by atoms with Gasteiger partial charge in [0.15, 0.2) is 0 Å². The smallest absolute Gasteiger partial charge is 0.275 e. The number of benzene rings is 2. The molecule has 0 radical (unpaired) electrons. The van der Waals surface area contributed by atoms with Crippen molar-refractivity contribution >= 4 is 22.4 Å². The Morgan fingerprint density at radius 3 is 2.46 bits per heavy atom. The molecule has 1 heterocycles. The van der Waals surface area contributed by atoms with Gasteiger partial charge in [-0.15, -0.1) is 0 Å². The van der Waals surface area contributed by atoms with E-state index in [0.717, 1.165) is 17.6 Å². The van der Waals surface area contributed by atoms with Crippen LogP contribution in [0, 0.1) is 13.8 Å². The minimum Gasteiger partial charge on any atom is -0.370 e. The van der Waals surface area contributed by atoms with Crippen LogP contribution >= 0.6 is 0 Å². The topological polar surface area (TPSA) is 67.2 Å². The van der Waals surface area contributed by atoms with Gasteiger partial charge >= 0.3 is 0 Å². The summed E-state index contributed by atoms with van der Waals surface area (Å²) in [6, 6.07) is 15.5. The van der Waals surface area contributed by atoms with Crippen LogP contribution in [0.1, 0.15) is 18.2 Å². The van der Waals surface area contributed by atoms with Gasteiger partial charge in [0.05, 0.1) is 11.1 Å². The van der Waals surface area contributed by atoms with Crippen molar-refractivity contribution in [3.05, 3.63) is 70.1 Å². The Kier molecular flexibility index (Phi) is 6.09. The highest BCUT2D eigenvalue weighted by molar-refractivity contribution is 5.83. The SMILES string of the molecule is CCN(CCNC(=O)Cn1nc(C)c2ccccc2c1=O)c1ccccc1C. The number of aryl methyl sites for hydroxylation is 2. The van der Waals surface area contributed by atoms with Gasteiger partial charge in [-0.25, -0.2) is 4.68 Å². The van der Waals surface area contributed by atoms with E-state index in [4.69, 9.17) is 0 Å². The molecule has 0 aliphatic rings. The molecule has 1 N–H and O–H groups in total. The zero-order valence-corrected chi connectivity index (χ0v) is 16.6. The van der Waals surface area contributed by atoms with Gasteiger partial charge in [0, 0.05) is 30.7 Å². The lowest BCUT2D eigenvalue weighted by Gasteiger charge is -2.25. The van der Waals surface area contributed by atoms with Crippen LogP contribution in [0.2, 0.25) is 0 Å². The number of nitrogens with zero attached hydrogens (tertiary/aromatic N) is 3. The monoisotopic (exact) mass is 378 g/mol. The molecule has 2 aromatic carbocycles. The predicted molar refractivity (Wildman–Crippen MR) is 113 cm³/mol. The minimum absolute atomic E-state index is 0.0823. The van der Waals surface area contributed by atoms with Gasteiger partial charge in [0.2, 0.25) is 5.91 Å². The van der Waals surface area contributed by atoms with Crippen molar-refractivity contribution in [2.45, 2.75) is 27.3 Å². The number of fused-ring (bicyclic) bond motifs is 1. The summed E-state index contributed by atoms with van der Waals surface area (Å²) in [6.07, 6.45) is 0. The maximum absolute atomic E-state index is 12.6. The highest BCUT2D eigenvalue weighted by atomic mass is 16.2. The first-order chi connectivity index (χ1) is 13.5. The van der Waals surface area contributed by atoms with Crippen molar-refractivity contribution in [3.63, 3.8) is 0 Å². The summed E-state index contributed by atoms with van der Waals surface area (Å²) in [7, 11) is 0. The molecule has 3 rings (SSSR count).